The molecule has 2 aliphatic heterocycles. The molecule has 0 aromatic heterocycles. The van der Waals surface area contributed by atoms with Gasteiger partial charge in [0.2, 0.25) is 0 Å². The molecular weight excluding hydrogens is 532 g/mol. The lowest BCUT2D eigenvalue weighted by Crippen LogP contribution is -2.60. The van der Waals surface area contributed by atoms with Gasteiger partial charge >= 0.3 is 6.36 Å². The van der Waals surface area contributed by atoms with Crippen LogP contribution in [0.1, 0.15) is 12.0 Å². The fourth-order valence-corrected chi connectivity index (χ4v) is 5.13. The summed E-state index contributed by atoms with van der Waals surface area (Å²) in [6.45, 7) is 4.21. The minimum atomic E-state index is -4.72. The van der Waals surface area contributed by atoms with E-state index < -0.39 is 6.36 Å². The van der Waals surface area contributed by atoms with E-state index in [0.29, 0.717) is 11.5 Å². The first kappa shape index (κ1) is 25.3. The third kappa shape index (κ3) is 7.06. The van der Waals surface area contributed by atoms with Crippen molar-refractivity contribution in [2.75, 3.05) is 51.4 Å². The number of halogens is 4. The molecule has 2 aliphatic rings. The molecule has 0 spiro atoms. The average Bonchev–Trinajstić information content (AvgIpc) is 3.19. The first-order valence-corrected chi connectivity index (χ1v) is 10.8. The van der Waals surface area contributed by atoms with Crippen molar-refractivity contribution in [3.05, 3.63) is 29.8 Å². The smallest absolute Gasteiger partial charge is 0.405 e. The molecule has 2 saturated heterocycles. The van der Waals surface area contributed by atoms with E-state index in [1.54, 1.807) is 19.2 Å². The maximum Gasteiger partial charge on any atom is 0.573 e. The highest BCUT2D eigenvalue weighted by Gasteiger charge is 2.40. The first-order valence-electron chi connectivity index (χ1n) is 9.61. The number of ether oxygens (including phenoxy) is 2. The van der Waals surface area contributed by atoms with Crippen molar-refractivity contribution in [2.24, 2.45) is 4.99 Å². The second-order valence-corrected chi connectivity index (χ2v) is 8.17. The van der Waals surface area contributed by atoms with E-state index in [-0.39, 0.29) is 41.8 Å². The lowest BCUT2D eigenvalue weighted by atomic mass is 9.95. The number of rotatable bonds is 6. The molecule has 0 amide bonds. The van der Waals surface area contributed by atoms with E-state index in [1.165, 1.54) is 12.1 Å². The Bertz CT molecular complexity index is 697. The van der Waals surface area contributed by atoms with Gasteiger partial charge in [-0.05, 0) is 18.2 Å². The van der Waals surface area contributed by atoms with Crippen molar-refractivity contribution in [1.82, 2.24) is 15.5 Å². The number of hydrogen-bond acceptors (Lipinski definition) is 5. The molecule has 11 heteroatoms. The van der Waals surface area contributed by atoms with Crippen LogP contribution in [0, 0.1) is 0 Å². The van der Waals surface area contributed by atoms with E-state index in [0.717, 1.165) is 50.8 Å². The van der Waals surface area contributed by atoms with Crippen LogP contribution in [0.3, 0.4) is 0 Å². The molecule has 30 heavy (non-hydrogen) atoms. The molecule has 0 saturated carbocycles. The van der Waals surface area contributed by atoms with Gasteiger partial charge in [-0.3, -0.25) is 9.89 Å². The Morgan fingerprint density at radius 2 is 2.00 bits per heavy atom. The Hall–Kier alpha value is -0.920. The number of nitrogens with zero attached hydrogens (tertiary/aromatic N) is 2. The maximum atomic E-state index is 12.6. The summed E-state index contributed by atoms with van der Waals surface area (Å²) >= 11 is 1.95. The molecule has 1 atom stereocenters. The molecule has 0 radical (unpaired) electrons. The van der Waals surface area contributed by atoms with Gasteiger partial charge in [-0.25, -0.2) is 0 Å². The van der Waals surface area contributed by atoms with Crippen LogP contribution in [0.25, 0.3) is 0 Å². The number of nitrogens with one attached hydrogen (secondary N) is 2. The Kier molecular flexibility index (Phi) is 9.82. The Morgan fingerprint density at radius 1 is 1.27 bits per heavy atom. The van der Waals surface area contributed by atoms with E-state index >= 15 is 0 Å². The second-order valence-electron chi connectivity index (χ2n) is 7.06. The molecule has 1 aromatic rings. The van der Waals surface area contributed by atoms with Crippen molar-refractivity contribution in [3.63, 3.8) is 0 Å². The minimum Gasteiger partial charge on any atom is -0.405 e. The molecule has 6 nitrogen and oxygen atoms in total. The molecule has 2 heterocycles. The number of aliphatic imine (C=N–C) groups is 1. The zero-order chi connectivity index (χ0) is 20.7. The fourth-order valence-electron chi connectivity index (χ4n) is 3.66. The molecule has 3 rings (SSSR count). The van der Waals surface area contributed by atoms with E-state index in [2.05, 4.69) is 25.3 Å². The fraction of sp³-hybridized carbons (Fsp3) is 0.632. The highest BCUT2D eigenvalue weighted by Crippen LogP contribution is 2.33. The van der Waals surface area contributed by atoms with Crippen LogP contribution in [0.2, 0.25) is 0 Å². The quantitative estimate of drug-likeness (QED) is 0.317. The van der Waals surface area contributed by atoms with E-state index in [1.807, 2.05) is 11.8 Å². The summed E-state index contributed by atoms with van der Waals surface area (Å²) in [4.78, 5) is 6.72. The number of morpholine rings is 1. The predicted octanol–water partition coefficient (Wildman–Crippen LogP) is 3.08. The van der Waals surface area contributed by atoms with Gasteiger partial charge in [0.05, 0.1) is 13.2 Å². The molecule has 0 bridgehead atoms. The summed E-state index contributed by atoms with van der Waals surface area (Å²) < 4.78 is 47.4. The second kappa shape index (κ2) is 11.6. The maximum absolute atomic E-state index is 12.6. The van der Waals surface area contributed by atoms with Crippen LogP contribution in [-0.2, 0) is 11.3 Å². The highest BCUT2D eigenvalue weighted by atomic mass is 127. The number of benzene rings is 1. The van der Waals surface area contributed by atoms with E-state index in [4.69, 9.17) is 4.74 Å². The Morgan fingerprint density at radius 3 is 2.63 bits per heavy atom. The summed E-state index contributed by atoms with van der Waals surface area (Å²) in [6, 6.07) is 6.11. The largest absolute Gasteiger partial charge is 0.573 e. The number of hydrogen-bond donors (Lipinski definition) is 2. The molecule has 170 valence electrons. The van der Waals surface area contributed by atoms with Crippen molar-refractivity contribution in [1.29, 1.82) is 0 Å². The number of para-hydroxylation sites is 1. The van der Waals surface area contributed by atoms with Gasteiger partial charge in [-0.2, -0.15) is 11.8 Å². The summed E-state index contributed by atoms with van der Waals surface area (Å²) in [5.41, 5.74) is 0.454. The molecule has 2 N–H and O–H groups in total. The van der Waals surface area contributed by atoms with Crippen molar-refractivity contribution < 1.29 is 22.6 Å². The number of thioether (sulfide) groups is 1. The van der Waals surface area contributed by atoms with Gasteiger partial charge in [-0.15, -0.1) is 37.1 Å². The van der Waals surface area contributed by atoms with Gasteiger partial charge in [0, 0.05) is 50.1 Å². The molecule has 1 unspecified atom stereocenters. The van der Waals surface area contributed by atoms with Gasteiger partial charge in [0.25, 0.3) is 0 Å². The predicted molar refractivity (Wildman–Crippen MR) is 124 cm³/mol. The lowest BCUT2D eigenvalue weighted by Gasteiger charge is -2.43. The van der Waals surface area contributed by atoms with Crippen molar-refractivity contribution in [3.8, 4) is 5.75 Å². The summed E-state index contributed by atoms with van der Waals surface area (Å²) in [6.07, 6.45) is -3.63. The van der Waals surface area contributed by atoms with Crippen LogP contribution in [0.4, 0.5) is 13.2 Å². The van der Waals surface area contributed by atoms with Crippen LogP contribution in [-0.4, -0.2) is 74.2 Å². The topological polar surface area (TPSA) is 58.1 Å². The number of alkyl halides is 3. The van der Waals surface area contributed by atoms with Gasteiger partial charge in [-0.1, -0.05) is 18.2 Å². The first-order chi connectivity index (χ1) is 13.9. The Labute approximate surface area is 196 Å². The van der Waals surface area contributed by atoms with Gasteiger partial charge < -0.3 is 20.1 Å². The van der Waals surface area contributed by atoms with Crippen LogP contribution < -0.4 is 15.4 Å². The van der Waals surface area contributed by atoms with Crippen LogP contribution in [0.15, 0.2) is 29.3 Å². The third-order valence-corrected chi connectivity index (χ3v) is 6.45. The molecule has 1 aromatic carbocycles. The molecule has 0 aliphatic carbocycles. The van der Waals surface area contributed by atoms with Gasteiger partial charge in [0.1, 0.15) is 5.75 Å². The summed E-state index contributed by atoms with van der Waals surface area (Å²) in [5, 5.41) is 6.46. The summed E-state index contributed by atoms with van der Waals surface area (Å²) in [7, 11) is 1.65. The van der Waals surface area contributed by atoms with Crippen LogP contribution >= 0.6 is 35.7 Å². The lowest BCUT2D eigenvalue weighted by molar-refractivity contribution is -0.274. The van der Waals surface area contributed by atoms with Crippen molar-refractivity contribution >= 4 is 41.7 Å². The van der Waals surface area contributed by atoms with Crippen molar-refractivity contribution in [2.45, 2.75) is 24.9 Å². The third-order valence-electron chi connectivity index (χ3n) is 5.22. The molecular formula is C19H28F3IN4O2S. The van der Waals surface area contributed by atoms with Crippen LogP contribution in [0.5, 0.6) is 5.75 Å². The van der Waals surface area contributed by atoms with Gasteiger partial charge in [0.15, 0.2) is 5.96 Å². The normalized spacial score (nSPS) is 23.0. The SMILES string of the molecule is CN=C(NCc1ccccc1OC(F)(F)F)NCC1(N2CCOCC2)CCSC1.I. The van der Waals surface area contributed by atoms with E-state index in [9.17, 15) is 13.2 Å². The average molecular weight is 560 g/mol. The Balaban J connectivity index is 0.00000320. The monoisotopic (exact) mass is 560 g/mol. The highest BCUT2D eigenvalue weighted by molar-refractivity contribution is 14.0. The zero-order valence-corrected chi connectivity index (χ0v) is 20.0. The standard InChI is InChI=1S/C19H27F3N4O2S.HI/c1-23-17(24-12-15-4-2-3-5-16(15)28-19(20,21)22)25-13-18(6-11-29-14-18)26-7-9-27-10-8-26;/h2-5H,6-14H2,1H3,(H2,23,24,25);1H. The summed E-state index contributed by atoms with van der Waals surface area (Å²) in [5.74, 6) is 2.50. The minimum absolute atomic E-state index is 0. The number of guanidine groups is 1. The zero-order valence-electron chi connectivity index (χ0n) is 16.8. The molecule has 2 fully saturated rings.